The Hall–Kier alpha value is -5.02. The van der Waals surface area contributed by atoms with Gasteiger partial charge in [0.15, 0.2) is 0 Å². The van der Waals surface area contributed by atoms with Gasteiger partial charge in [0.05, 0.1) is 5.60 Å². The molecule has 2 heterocycles. The summed E-state index contributed by atoms with van der Waals surface area (Å²) < 4.78 is 1.34. The van der Waals surface area contributed by atoms with Crippen molar-refractivity contribution in [2.45, 2.75) is 24.9 Å². The third-order valence-corrected chi connectivity index (χ3v) is 9.21. The lowest BCUT2D eigenvalue weighted by Crippen LogP contribution is -2.52. The van der Waals surface area contributed by atoms with Crippen LogP contribution >= 0.6 is 11.6 Å². The van der Waals surface area contributed by atoms with Crippen LogP contribution in [0.2, 0.25) is 5.02 Å². The lowest BCUT2D eigenvalue weighted by Gasteiger charge is -2.38. The summed E-state index contributed by atoms with van der Waals surface area (Å²) in [5.74, 6) is -0.249. The largest absolute Gasteiger partial charge is 0.385 e. The summed E-state index contributed by atoms with van der Waals surface area (Å²) in [4.78, 5) is 43.8. The highest BCUT2D eigenvalue weighted by Crippen LogP contribution is 2.33. The molecule has 1 aliphatic rings. The van der Waals surface area contributed by atoms with Crippen LogP contribution in [0.1, 0.15) is 45.5 Å². The standard InChI is InChI=1S/C39H37ClN4O4/c1-43-35(26-28-5-3-2-4-6-28)37(46)42-34(38(43)47)25-29-7-11-30(12-8-29)36(45)41-33-17-9-27(10-18-33)19-22-44-23-20-39(48,21-24-44)31-13-15-32(40)16-14-31/h2-18,25-26,48H,19-24H2,1H3,(H,41,45)(H,42,46)/b34-25-,35-26-. The number of carbonyl (C=O) groups excluding carboxylic acids is 1. The molecule has 0 spiro atoms. The van der Waals surface area contributed by atoms with E-state index in [1.54, 1.807) is 43.5 Å². The highest BCUT2D eigenvalue weighted by atomic mass is 35.5. The molecule has 8 nitrogen and oxygen atoms in total. The number of rotatable bonds is 8. The van der Waals surface area contributed by atoms with Crippen LogP contribution in [0.5, 0.6) is 0 Å². The molecule has 9 heteroatoms. The molecular weight excluding hydrogens is 624 g/mol. The van der Waals surface area contributed by atoms with Crippen molar-refractivity contribution in [1.29, 1.82) is 0 Å². The molecule has 0 radical (unpaired) electrons. The van der Waals surface area contributed by atoms with Gasteiger partial charge in [0.25, 0.3) is 17.0 Å². The number of aromatic nitrogens is 2. The number of hydrogen-bond acceptors (Lipinski definition) is 5. The molecule has 1 amide bonds. The van der Waals surface area contributed by atoms with Gasteiger partial charge in [-0.3, -0.25) is 14.4 Å². The number of hydrogen-bond donors (Lipinski definition) is 3. The predicted octanol–water partition coefficient (Wildman–Crippen LogP) is 4.16. The smallest absolute Gasteiger partial charge is 0.274 e. The van der Waals surface area contributed by atoms with Crippen molar-refractivity contribution in [2.24, 2.45) is 7.05 Å². The number of carbonyl (C=O) groups is 1. The van der Waals surface area contributed by atoms with Crippen molar-refractivity contribution in [3.8, 4) is 0 Å². The average molecular weight is 661 g/mol. The second-order valence-electron chi connectivity index (χ2n) is 12.2. The van der Waals surface area contributed by atoms with Gasteiger partial charge in [-0.15, -0.1) is 0 Å². The van der Waals surface area contributed by atoms with Crippen molar-refractivity contribution in [3.63, 3.8) is 0 Å². The number of H-pyrrole nitrogens is 1. The van der Waals surface area contributed by atoms with E-state index in [-0.39, 0.29) is 27.7 Å². The molecule has 4 aromatic carbocycles. The van der Waals surface area contributed by atoms with Gasteiger partial charge in [0, 0.05) is 43.0 Å². The lowest BCUT2D eigenvalue weighted by molar-refractivity contribution is -0.0255. The molecule has 0 unspecified atom stereocenters. The molecule has 48 heavy (non-hydrogen) atoms. The number of halogens is 1. The van der Waals surface area contributed by atoms with Crippen LogP contribution in [0, 0.1) is 0 Å². The highest BCUT2D eigenvalue weighted by molar-refractivity contribution is 6.30. The molecule has 6 rings (SSSR count). The van der Waals surface area contributed by atoms with E-state index >= 15 is 0 Å². The van der Waals surface area contributed by atoms with E-state index in [2.05, 4.69) is 15.2 Å². The fourth-order valence-electron chi connectivity index (χ4n) is 5.99. The molecule has 3 N–H and O–H groups in total. The van der Waals surface area contributed by atoms with E-state index in [4.69, 9.17) is 11.6 Å². The minimum Gasteiger partial charge on any atom is -0.385 e. The van der Waals surface area contributed by atoms with E-state index in [0.717, 1.165) is 37.2 Å². The molecule has 244 valence electrons. The Morgan fingerprint density at radius 3 is 2.19 bits per heavy atom. The highest BCUT2D eigenvalue weighted by Gasteiger charge is 2.33. The Kier molecular flexibility index (Phi) is 9.87. The van der Waals surface area contributed by atoms with Crippen LogP contribution in [0.3, 0.4) is 0 Å². The van der Waals surface area contributed by atoms with Crippen LogP contribution in [0.4, 0.5) is 5.69 Å². The summed E-state index contributed by atoms with van der Waals surface area (Å²) in [6.45, 7) is 2.53. The molecule has 0 bridgehead atoms. The van der Waals surface area contributed by atoms with Crippen LogP contribution in [0.15, 0.2) is 113 Å². The molecule has 0 saturated carbocycles. The number of nitrogens with zero attached hydrogens (tertiary/aromatic N) is 2. The molecule has 1 aliphatic heterocycles. The van der Waals surface area contributed by atoms with Gasteiger partial charge in [-0.05, 0) is 90.1 Å². The van der Waals surface area contributed by atoms with Gasteiger partial charge < -0.3 is 24.9 Å². The van der Waals surface area contributed by atoms with Gasteiger partial charge in [0.1, 0.15) is 10.7 Å². The van der Waals surface area contributed by atoms with Crippen molar-refractivity contribution in [2.75, 3.05) is 25.0 Å². The third kappa shape index (κ3) is 7.74. The maximum atomic E-state index is 13.0. The Bertz CT molecular complexity index is 2130. The first-order valence-electron chi connectivity index (χ1n) is 16.0. The minimum absolute atomic E-state index is 0.157. The van der Waals surface area contributed by atoms with E-state index in [1.165, 1.54) is 10.1 Å². The summed E-state index contributed by atoms with van der Waals surface area (Å²) in [5, 5.41) is 15.2. The first kappa shape index (κ1) is 32.9. The first-order chi connectivity index (χ1) is 23.2. The van der Waals surface area contributed by atoms with Crippen LogP contribution in [-0.4, -0.2) is 45.1 Å². The Balaban J connectivity index is 1.03. The van der Waals surface area contributed by atoms with Gasteiger partial charge in [-0.25, -0.2) is 0 Å². The number of anilines is 1. The Labute approximate surface area is 283 Å². The van der Waals surface area contributed by atoms with Gasteiger partial charge in [-0.1, -0.05) is 78.3 Å². The number of amides is 1. The molecule has 1 aromatic heterocycles. The fourth-order valence-corrected chi connectivity index (χ4v) is 6.11. The van der Waals surface area contributed by atoms with Crippen molar-refractivity contribution >= 4 is 35.3 Å². The number of nitrogens with one attached hydrogen (secondary N) is 2. The zero-order valence-electron chi connectivity index (χ0n) is 26.7. The average Bonchev–Trinajstić information content (AvgIpc) is 3.10. The monoisotopic (exact) mass is 660 g/mol. The van der Waals surface area contributed by atoms with Crippen molar-refractivity contribution in [3.05, 3.63) is 167 Å². The lowest BCUT2D eigenvalue weighted by atomic mass is 9.84. The fraction of sp³-hybridized carbons (Fsp3) is 0.205. The van der Waals surface area contributed by atoms with E-state index in [0.29, 0.717) is 34.7 Å². The Morgan fingerprint density at radius 1 is 0.875 bits per heavy atom. The molecule has 1 saturated heterocycles. The summed E-state index contributed by atoms with van der Waals surface area (Å²) in [7, 11) is 1.57. The predicted molar refractivity (Wildman–Crippen MR) is 191 cm³/mol. The zero-order valence-corrected chi connectivity index (χ0v) is 27.4. The van der Waals surface area contributed by atoms with Crippen LogP contribution < -0.4 is 27.1 Å². The molecule has 5 aromatic rings. The van der Waals surface area contributed by atoms with Crippen LogP contribution in [-0.2, 0) is 19.1 Å². The molecular formula is C39H37ClN4O4. The zero-order chi connectivity index (χ0) is 33.7. The number of piperidine rings is 1. The molecule has 1 fully saturated rings. The summed E-state index contributed by atoms with van der Waals surface area (Å²) >= 11 is 6.01. The second-order valence-corrected chi connectivity index (χ2v) is 12.7. The van der Waals surface area contributed by atoms with Crippen LogP contribution in [0.25, 0.3) is 12.2 Å². The first-order valence-corrected chi connectivity index (χ1v) is 16.3. The molecule has 0 atom stereocenters. The third-order valence-electron chi connectivity index (χ3n) is 8.96. The topological polar surface area (TPSA) is 107 Å². The maximum Gasteiger partial charge on any atom is 0.274 e. The SMILES string of the molecule is Cn1c(=O)/c(=C/c2ccc(C(=O)Nc3ccc(CCN4CCC(O)(c5ccc(Cl)cc5)CC4)cc3)cc2)[nH]c(=O)/c1=C/c1ccccc1. The Morgan fingerprint density at radius 2 is 1.52 bits per heavy atom. The van der Waals surface area contributed by atoms with Crippen molar-refractivity contribution < 1.29 is 9.90 Å². The number of aliphatic hydroxyl groups is 1. The van der Waals surface area contributed by atoms with Gasteiger partial charge in [-0.2, -0.15) is 0 Å². The van der Waals surface area contributed by atoms with Crippen molar-refractivity contribution in [1.82, 2.24) is 14.5 Å². The molecule has 0 aliphatic carbocycles. The second kappa shape index (κ2) is 14.4. The van der Waals surface area contributed by atoms with E-state index < -0.39 is 5.60 Å². The summed E-state index contributed by atoms with van der Waals surface area (Å²) in [6.07, 6.45) is 5.50. The van der Waals surface area contributed by atoms with Gasteiger partial charge in [0.2, 0.25) is 0 Å². The number of aromatic amines is 1. The quantitative estimate of drug-likeness (QED) is 0.232. The normalized spacial score (nSPS) is 15.4. The van der Waals surface area contributed by atoms with Gasteiger partial charge >= 0.3 is 0 Å². The summed E-state index contributed by atoms with van der Waals surface area (Å²) in [6, 6.07) is 31.5. The van der Waals surface area contributed by atoms with E-state index in [9.17, 15) is 19.5 Å². The summed E-state index contributed by atoms with van der Waals surface area (Å²) in [5.41, 5.74) is 3.22. The minimum atomic E-state index is -0.813. The maximum absolute atomic E-state index is 13.0. The number of likely N-dealkylation sites (tertiary alicyclic amines) is 1. The van der Waals surface area contributed by atoms with E-state index in [1.807, 2.05) is 78.9 Å². The number of benzene rings is 4.